The van der Waals surface area contributed by atoms with E-state index in [4.69, 9.17) is 4.74 Å². The molecule has 2 aliphatic heterocycles. The maximum absolute atomic E-state index is 12.7. The zero-order valence-electron chi connectivity index (χ0n) is 18.5. The van der Waals surface area contributed by atoms with E-state index in [0.717, 1.165) is 56.3 Å². The number of hydrogen-bond acceptors (Lipinski definition) is 4. The predicted octanol–water partition coefficient (Wildman–Crippen LogP) is 4.44. The highest BCUT2D eigenvalue weighted by Gasteiger charge is 2.21. The molecule has 0 aromatic heterocycles. The van der Waals surface area contributed by atoms with E-state index in [1.165, 1.54) is 31.4 Å². The van der Waals surface area contributed by atoms with Gasteiger partial charge in [-0.2, -0.15) is 0 Å². The number of anilines is 2. The quantitative estimate of drug-likeness (QED) is 0.672. The number of rotatable bonds is 5. The summed E-state index contributed by atoms with van der Waals surface area (Å²) in [6, 6.07) is 16.7. The van der Waals surface area contributed by atoms with Crippen molar-refractivity contribution in [3.8, 4) is 5.75 Å². The molecule has 164 valence electrons. The van der Waals surface area contributed by atoms with Crippen molar-refractivity contribution >= 4 is 23.4 Å². The zero-order valence-corrected chi connectivity index (χ0v) is 18.5. The van der Waals surface area contributed by atoms with Crippen LogP contribution in [0.2, 0.25) is 0 Å². The molecule has 5 heteroatoms. The van der Waals surface area contributed by atoms with E-state index < -0.39 is 0 Å². The highest BCUT2D eigenvalue weighted by Crippen LogP contribution is 2.28. The van der Waals surface area contributed by atoms with Gasteiger partial charge in [-0.15, -0.1) is 0 Å². The molecule has 5 nitrogen and oxygen atoms in total. The molecule has 0 unspecified atom stereocenters. The van der Waals surface area contributed by atoms with Gasteiger partial charge in [0.05, 0.1) is 12.8 Å². The van der Waals surface area contributed by atoms with Crippen LogP contribution in [0.15, 0.2) is 54.6 Å². The fraction of sp³-hybridized carbons (Fsp3) is 0.423. The minimum atomic E-state index is 0.0799. The van der Waals surface area contributed by atoms with Gasteiger partial charge in [0.1, 0.15) is 5.75 Å². The second-order valence-electron chi connectivity index (χ2n) is 8.31. The smallest absolute Gasteiger partial charge is 0.246 e. The maximum Gasteiger partial charge on any atom is 0.246 e. The molecule has 0 atom stereocenters. The van der Waals surface area contributed by atoms with E-state index in [-0.39, 0.29) is 5.91 Å². The summed E-state index contributed by atoms with van der Waals surface area (Å²) in [5, 5.41) is 0. The minimum absolute atomic E-state index is 0.0799. The van der Waals surface area contributed by atoms with Gasteiger partial charge in [0.15, 0.2) is 0 Å². The Balaban J connectivity index is 1.30. The summed E-state index contributed by atoms with van der Waals surface area (Å²) in [6.45, 7) is 5.35. The summed E-state index contributed by atoms with van der Waals surface area (Å²) in [5.74, 6) is 0.960. The van der Waals surface area contributed by atoms with Crippen molar-refractivity contribution in [3.05, 3.63) is 60.2 Å². The lowest BCUT2D eigenvalue weighted by Gasteiger charge is -2.36. The van der Waals surface area contributed by atoms with Crippen LogP contribution >= 0.6 is 0 Å². The lowest BCUT2D eigenvalue weighted by Crippen LogP contribution is -2.48. The van der Waals surface area contributed by atoms with E-state index >= 15 is 0 Å². The Morgan fingerprint density at radius 2 is 1.48 bits per heavy atom. The molecular weight excluding hydrogens is 386 g/mol. The molecular formula is C26H33N3O2. The summed E-state index contributed by atoms with van der Waals surface area (Å²) in [7, 11) is 1.70. The number of methoxy groups -OCH3 is 1. The van der Waals surface area contributed by atoms with E-state index in [0.29, 0.717) is 0 Å². The molecule has 2 fully saturated rings. The Kier molecular flexibility index (Phi) is 7.13. The molecule has 0 radical (unpaired) electrons. The van der Waals surface area contributed by atoms with Crippen LogP contribution in [0, 0.1) is 0 Å². The normalized spacial score (nSPS) is 17.6. The van der Waals surface area contributed by atoms with Crippen molar-refractivity contribution in [3.63, 3.8) is 0 Å². The summed E-state index contributed by atoms with van der Waals surface area (Å²) < 4.78 is 5.48. The molecule has 31 heavy (non-hydrogen) atoms. The Morgan fingerprint density at radius 3 is 2.16 bits per heavy atom. The first-order valence-electron chi connectivity index (χ1n) is 11.4. The first-order valence-corrected chi connectivity index (χ1v) is 11.4. The molecule has 0 bridgehead atoms. The number of carbonyl (C=O) groups is 1. The van der Waals surface area contributed by atoms with Crippen LogP contribution in [0.1, 0.15) is 31.2 Å². The van der Waals surface area contributed by atoms with Gasteiger partial charge in [-0.3, -0.25) is 4.79 Å². The van der Waals surface area contributed by atoms with Crippen LogP contribution < -0.4 is 14.5 Å². The third-order valence-electron chi connectivity index (χ3n) is 6.30. The van der Waals surface area contributed by atoms with Gasteiger partial charge < -0.3 is 19.4 Å². The summed E-state index contributed by atoms with van der Waals surface area (Å²) in [5.41, 5.74) is 3.45. The van der Waals surface area contributed by atoms with Crippen LogP contribution in [-0.2, 0) is 4.79 Å². The molecule has 4 rings (SSSR count). The molecule has 1 amide bonds. The highest BCUT2D eigenvalue weighted by atomic mass is 16.5. The molecule has 2 saturated heterocycles. The Labute approximate surface area is 185 Å². The number of hydrogen-bond donors (Lipinski definition) is 0. The van der Waals surface area contributed by atoms with Gasteiger partial charge in [0.25, 0.3) is 0 Å². The lowest BCUT2D eigenvalue weighted by atomic mass is 10.1. The lowest BCUT2D eigenvalue weighted by molar-refractivity contribution is -0.126. The van der Waals surface area contributed by atoms with Crippen molar-refractivity contribution in [1.29, 1.82) is 0 Å². The van der Waals surface area contributed by atoms with Crippen LogP contribution in [0.4, 0.5) is 11.4 Å². The van der Waals surface area contributed by atoms with Crippen LogP contribution in [0.25, 0.3) is 6.08 Å². The first kappa shape index (κ1) is 21.3. The molecule has 2 heterocycles. The van der Waals surface area contributed by atoms with Crippen molar-refractivity contribution < 1.29 is 9.53 Å². The minimum Gasteiger partial charge on any atom is -0.495 e. The fourth-order valence-electron chi connectivity index (χ4n) is 4.46. The Hall–Kier alpha value is -2.95. The van der Waals surface area contributed by atoms with Gasteiger partial charge in [0.2, 0.25) is 5.91 Å². The average Bonchev–Trinajstić information content (AvgIpc) is 3.13. The van der Waals surface area contributed by atoms with Gasteiger partial charge in [-0.05, 0) is 48.7 Å². The maximum atomic E-state index is 12.7. The van der Waals surface area contributed by atoms with Crippen LogP contribution in [-0.4, -0.2) is 57.2 Å². The SMILES string of the molecule is COc1ccccc1N1CCN(C(=O)/C=C/c2ccc(N3CCCCCC3)cc2)CC1. The van der Waals surface area contributed by atoms with Gasteiger partial charge in [-0.25, -0.2) is 0 Å². The number of carbonyl (C=O) groups excluding carboxylic acids is 1. The molecule has 0 aliphatic carbocycles. The predicted molar refractivity (Wildman–Crippen MR) is 128 cm³/mol. The number of ether oxygens (including phenoxy) is 1. The molecule has 0 N–H and O–H groups in total. The second kappa shape index (κ2) is 10.4. The largest absolute Gasteiger partial charge is 0.495 e. The fourth-order valence-corrected chi connectivity index (χ4v) is 4.46. The Bertz CT molecular complexity index is 878. The van der Waals surface area contributed by atoms with E-state index in [1.807, 2.05) is 29.2 Å². The van der Waals surface area contributed by atoms with Crippen LogP contribution in [0.5, 0.6) is 5.75 Å². The summed E-state index contributed by atoms with van der Waals surface area (Å²) in [4.78, 5) is 19.4. The van der Waals surface area contributed by atoms with E-state index in [1.54, 1.807) is 13.2 Å². The summed E-state index contributed by atoms with van der Waals surface area (Å²) >= 11 is 0. The number of piperazine rings is 1. The van der Waals surface area contributed by atoms with Gasteiger partial charge >= 0.3 is 0 Å². The van der Waals surface area contributed by atoms with Gasteiger partial charge in [-0.1, -0.05) is 37.1 Å². The van der Waals surface area contributed by atoms with E-state index in [9.17, 15) is 4.79 Å². The second-order valence-corrected chi connectivity index (χ2v) is 8.31. The summed E-state index contributed by atoms with van der Waals surface area (Å²) in [6.07, 6.45) is 8.88. The van der Waals surface area contributed by atoms with Crippen LogP contribution in [0.3, 0.4) is 0 Å². The molecule has 0 saturated carbocycles. The number of nitrogens with zero attached hydrogens (tertiary/aromatic N) is 3. The standard InChI is InChI=1S/C26H33N3O2/c1-31-25-9-5-4-8-24(25)28-18-20-29(21-19-28)26(30)15-12-22-10-13-23(14-11-22)27-16-6-2-3-7-17-27/h4-5,8-15H,2-3,6-7,16-21H2,1H3/b15-12+. The number of amides is 1. The zero-order chi connectivity index (χ0) is 21.5. The van der Waals surface area contributed by atoms with Crippen molar-refractivity contribution in [1.82, 2.24) is 4.90 Å². The molecule has 2 aromatic rings. The third kappa shape index (κ3) is 5.40. The van der Waals surface area contributed by atoms with Gasteiger partial charge in [0, 0.05) is 51.0 Å². The Morgan fingerprint density at radius 1 is 0.806 bits per heavy atom. The third-order valence-corrected chi connectivity index (χ3v) is 6.30. The number of para-hydroxylation sites is 2. The van der Waals surface area contributed by atoms with Crippen molar-refractivity contribution in [2.45, 2.75) is 25.7 Å². The van der Waals surface area contributed by atoms with E-state index in [2.05, 4.69) is 40.1 Å². The topological polar surface area (TPSA) is 36.0 Å². The monoisotopic (exact) mass is 419 g/mol. The van der Waals surface area contributed by atoms with Crippen molar-refractivity contribution in [2.75, 3.05) is 56.2 Å². The molecule has 2 aliphatic rings. The molecule has 0 spiro atoms. The highest BCUT2D eigenvalue weighted by molar-refractivity contribution is 5.92. The average molecular weight is 420 g/mol. The molecule has 2 aromatic carbocycles. The number of benzene rings is 2. The first-order chi connectivity index (χ1) is 15.2. The van der Waals surface area contributed by atoms with Crippen molar-refractivity contribution in [2.24, 2.45) is 0 Å².